The summed E-state index contributed by atoms with van der Waals surface area (Å²) in [5, 5.41) is 5.38. The highest BCUT2D eigenvalue weighted by Crippen LogP contribution is 2.37. The molecule has 0 unspecified atom stereocenters. The molecule has 3 heterocycles. The van der Waals surface area contributed by atoms with Crippen LogP contribution in [0.15, 0.2) is 12.3 Å². The highest BCUT2D eigenvalue weighted by molar-refractivity contribution is 7.12. The van der Waals surface area contributed by atoms with Gasteiger partial charge in [0.1, 0.15) is 5.69 Å². The van der Waals surface area contributed by atoms with Crippen molar-refractivity contribution in [1.29, 1.82) is 0 Å². The molecular weight excluding hydrogens is 262 g/mol. The third-order valence-electron chi connectivity index (χ3n) is 3.00. The Morgan fingerprint density at radius 3 is 2.79 bits per heavy atom. The number of thiazole rings is 1. The number of nitrogens with zero attached hydrogens (tertiary/aromatic N) is 3. The van der Waals surface area contributed by atoms with Crippen LogP contribution in [0.2, 0.25) is 0 Å². The van der Waals surface area contributed by atoms with Gasteiger partial charge in [0, 0.05) is 12.2 Å². The van der Waals surface area contributed by atoms with E-state index in [4.69, 9.17) is 9.47 Å². The summed E-state index contributed by atoms with van der Waals surface area (Å²) in [5.41, 5.74) is 1.95. The first-order chi connectivity index (χ1) is 9.16. The summed E-state index contributed by atoms with van der Waals surface area (Å²) < 4.78 is 13.2. The molecule has 19 heavy (non-hydrogen) atoms. The van der Waals surface area contributed by atoms with Gasteiger partial charge in [0.15, 0.2) is 6.29 Å². The smallest absolute Gasteiger partial charge is 0.195 e. The minimum Gasteiger partial charge on any atom is -0.345 e. The standard InChI is InChI=1S/C13H17N3O2S/c1-8(2)16-10(4-5-14-16)11-12(19-9(3)15-11)13-17-6-7-18-13/h4-5,8,13H,6-7H2,1-3H3. The van der Waals surface area contributed by atoms with E-state index in [0.717, 1.165) is 21.3 Å². The summed E-state index contributed by atoms with van der Waals surface area (Å²) in [6, 6.07) is 2.29. The molecule has 0 atom stereocenters. The molecule has 0 radical (unpaired) electrons. The maximum atomic E-state index is 5.61. The highest BCUT2D eigenvalue weighted by Gasteiger charge is 2.27. The molecule has 2 aromatic rings. The maximum absolute atomic E-state index is 5.61. The number of hydrogen-bond acceptors (Lipinski definition) is 5. The van der Waals surface area contributed by atoms with Gasteiger partial charge in [0.25, 0.3) is 0 Å². The lowest BCUT2D eigenvalue weighted by molar-refractivity contribution is -0.0410. The molecule has 0 bridgehead atoms. The summed E-state index contributed by atoms with van der Waals surface area (Å²) >= 11 is 1.63. The molecule has 2 aromatic heterocycles. The Morgan fingerprint density at radius 1 is 1.37 bits per heavy atom. The molecule has 1 fully saturated rings. The number of hydrogen-bond donors (Lipinski definition) is 0. The Bertz CT molecular complexity index is 570. The lowest BCUT2D eigenvalue weighted by Gasteiger charge is -2.12. The Kier molecular flexibility index (Phi) is 3.38. The lowest BCUT2D eigenvalue weighted by Crippen LogP contribution is -2.06. The van der Waals surface area contributed by atoms with Crippen molar-refractivity contribution in [2.45, 2.75) is 33.1 Å². The number of ether oxygens (including phenoxy) is 2. The van der Waals surface area contributed by atoms with Crippen LogP contribution in [-0.4, -0.2) is 28.0 Å². The molecule has 6 heteroatoms. The minimum atomic E-state index is -0.281. The minimum absolute atomic E-state index is 0.281. The number of rotatable bonds is 3. The Hall–Kier alpha value is -1.24. The van der Waals surface area contributed by atoms with E-state index in [1.807, 2.05) is 23.9 Å². The van der Waals surface area contributed by atoms with Gasteiger partial charge in [-0.1, -0.05) is 0 Å². The van der Waals surface area contributed by atoms with Crippen molar-refractivity contribution in [2.75, 3.05) is 13.2 Å². The van der Waals surface area contributed by atoms with E-state index in [9.17, 15) is 0 Å². The number of aromatic nitrogens is 3. The highest BCUT2D eigenvalue weighted by atomic mass is 32.1. The van der Waals surface area contributed by atoms with Crippen LogP contribution < -0.4 is 0 Å². The van der Waals surface area contributed by atoms with Crippen LogP contribution in [0.5, 0.6) is 0 Å². The molecule has 102 valence electrons. The Labute approximate surface area is 116 Å². The van der Waals surface area contributed by atoms with Gasteiger partial charge >= 0.3 is 0 Å². The molecule has 1 aliphatic heterocycles. The van der Waals surface area contributed by atoms with Gasteiger partial charge in [-0.15, -0.1) is 11.3 Å². The van der Waals surface area contributed by atoms with Crippen molar-refractivity contribution < 1.29 is 9.47 Å². The molecule has 0 aliphatic carbocycles. The summed E-state index contributed by atoms with van der Waals surface area (Å²) in [6.45, 7) is 7.51. The second kappa shape index (κ2) is 5.03. The van der Waals surface area contributed by atoms with Crippen molar-refractivity contribution in [3.05, 3.63) is 22.1 Å². The normalized spacial score (nSPS) is 16.6. The average Bonchev–Trinajstić information content (AvgIpc) is 3.07. The molecule has 1 saturated heterocycles. The fraction of sp³-hybridized carbons (Fsp3) is 0.538. The van der Waals surface area contributed by atoms with E-state index < -0.39 is 0 Å². The van der Waals surface area contributed by atoms with Crippen molar-refractivity contribution in [1.82, 2.24) is 14.8 Å². The van der Waals surface area contributed by atoms with Crippen LogP contribution in [0.4, 0.5) is 0 Å². The van der Waals surface area contributed by atoms with Crippen LogP contribution in [0.1, 0.15) is 36.1 Å². The van der Waals surface area contributed by atoms with E-state index in [-0.39, 0.29) is 6.29 Å². The van der Waals surface area contributed by atoms with Crippen LogP contribution >= 0.6 is 11.3 Å². The van der Waals surface area contributed by atoms with E-state index in [1.165, 1.54) is 0 Å². The van der Waals surface area contributed by atoms with E-state index in [2.05, 4.69) is 23.9 Å². The molecule has 0 saturated carbocycles. The Balaban J connectivity index is 2.06. The van der Waals surface area contributed by atoms with Crippen molar-refractivity contribution >= 4 is 11.3 Å². The third kappa shape index (κ3) is 2.31. The summed E-state index contributed by atoms with van der Waals surface area (Å²) in [4.78, 5) is 5.68. The van der Waals surface area contributed by atoms with Crippen LogP contribution in [0.25, 0.3) is 11.4 Å². The average molecular weight is 279 g/mol. The van der Waals surface area contributed by atoms with Crippen LogP contribution in [-0.2, 0) is 9.47 Å². The number of aryl methyl sites for hydroxylation is 1. The topological polar surface area (TPSA) is 49.2 Å². The van der Waals surface area contributed by atoms with Crippen molar-refractivity contribution in [2.24, 2.45) is 0 Å². The van der Waals surface area contributed by atoms with Gasteiger partial charge in [-0.25, -0.2) is 4.98 Å². The zero-order chi connectivity index (χ0) is 13.4. The van der Waals surface area contributed by atoms with Gasteiger partial charge in [0.05, 0.1) is 28.8 Å². The third-order valence-corrected chi connectivity index (χ3v) is 3.99. The first kappa shape index (κ1) is 12.8. The second-order valence-corrected chi connectivity index (χ2v) is 6.01. The van der Waals surface area contributed by atoms with Gasteiger partial charge in [0.2, 0.25) is 0 Å². The lowest BCUT2D eigenvalue weighted by atomic mass is 10.2. The van der Waals surface area contributed by atoms with Gasteiger partial charge in [-0.2, -0.15) is 5.10 Å². The van der Waals surface area contributed by atoms with Crippen molar-refractivity contribution in [3.8, 4) is 11.4 Å². The first-order valence-corrected chi connectivity index (χ1v) is 7.23. The summed E-state index contributed by atoms with van der Waals surface area (Å²) in [7, 11) is 0. The molecule has 3 rings (SSSR count). The van der Waals surface area contributed by atoms with E-state index in [0.29, 0.717) is 19.3 Å². The second-order valence-electron chi connectivity index (χ2n) is 4.77. The maximum Gasteiger partial charge on any atom is 0.195 e. The zero-order valence-electron chi connectivity index (χ0n) is 11.3. The fourth-order valence-electron chi connectivity index (χ4n) is 2.21. The van der Waals surface area contributed by atoms with Crippen molar-refractivity contribution in [3.63, 3.8) is 0 Å². The van der Waals surface area contributed by atoms with E-state index in [1.54, 1.807) is 11.3 Å². The van der Waals surface area contributed by atoms with Crippen LogP contribution in [0.3, 0.4) is 0 Å². The quantitative estimate of drug-likeness (QED) is 0.866. The van der Waals surface area contributed by atoms with Gasteiger partial charge in [-0.05, 0) is 26.8 Å². The molecule has 0 spiro atoms. The SMILES string of the molecule is Cc1nc(-c2ccnn2C(C)C)c(C2OCCO2)s1. The predicted octanol–water partition coefficient (Wildman–Crippen LogP) is 2.94. The molecule has 0 aromatic carbocycles. The van der Waals surface area contributed by atoms with Gasteiger partial charge < -0.3 is 9.47 Å². The monoisotopic (exact) mass is 279 g/mol. The largest absolute Gasteiger partial charge is 0.345 e. The molecule has 0 N–H and O–H groups in total. The van der Waals surface area contributed by atoms with E-state index >= 15 is 0 Å². The van der Waals surface area contributed by atoms with Crippen LogP contribution in [0, 0.1) is 6.92 Å². The predicted molar refractivity (Wildman–Crippen MR) is 73.1 cm³/mol. The Morgan fingerprint density at radius 2 is 2.11 bits per heavy atom. The molecular formula is C13H17N3O2S. The summed E-state index contributed by atoms with van der Waals surface area (Å²) in [6.07, 6.45) is 1.53. The molecule has 1 aliphatic rings. The molecule has 0 amide bonds. The summed E-state index contributed by atoms with van der Waals surface area (Å²) in [5.74, 6) is 0. The van der Waals surface area contributed by atoms with Gasteiger partial charge in [-0.3, -0.25) is 4.68 Å². The fourth-order valence-corrected chi connectivity index (χ4v) is 3.14. The molecule has 5 nitrogen and oxygen atoms in total. The zero-order valence-corrected chi connectivity index (χ0v) is 12.1. The first-order valence-electron chi connectivity index (χ1n) is 6.41.